The molecule has 1 unspecified atom stereocenters. The molecule has 4 nitrogen and oxygen atoms in total. The standard InChI is InChI=1S/C13H18N2O2/c16-10-13(17)15-6-2-4-12(9-15)7-11-3-1-5-14-8-11/h1,3,5,8,12,16H,2,4,6-7,9-10H2. The van der Waals surface area contributed by atoms with E-state index in [2.05, 4.69) is 11.1 Å². The van der Waals surface area contributed by atoms with Crippen LogP contribution in [-0.2, 0) is 11.2 Å². The average molecular weight is 234 g/mol. The predicted octanol–water partition coefficient (Wildman–Crippen LogP) is 0.855. The van der Waals surface area contributed by atoms with Crippen molar-refractivity contribution in [2.45, 2.75) is 19.3 Å². The van der Waals surface area contributed by atoms with Crippen LogP contribution in [0.25, 0.3) is 0 Å². The van der Waals surface area contributed by atoms with Gasteiger partial charge in [0.2, 0.25) is 5.91 Å². The Hall–Kier alpha value is -1.42. The van der Waals surface area contributed by atoms with E-state index in [1.807, 2.05) is 12.3 Å². The molecule has 1 aromatic heterocycles. The number of likely N-dealkylation sites (tertiary alicyclic amines) is 1. The number of aliphatic hydroxyl groups is 1. The van der Waals surface area contributed by atoms with Crippen molar-refractivity contribution in [3.63, 3.8) is 0 Å². The molecular weight excluding hydrogens is 216 g/mol. The highest BCUT2D eigenvalue weighted by molar-refractivity contribution is 5.77. The molecule has 1 aromatic rings. The first-order valence-corrected chi connectivity index (χ1v) is 6.07. The summed E-state index contributed by atoms with van der Waals surface area (Å²) in [6.07, 6.45) is 6.78. The molecule has 0 spiro atoms. The summed E-state index contributed by atoms with van der Waals surface area (Å²) in [7, 11) is 0. The van der Waals surface area contributed by atoms with Crippen LogP contribution >= 0.6 is 0 Å². The summed E-state index contributed by atoms with van der Waals surface area (Å²) >= 11 is 0. The lowest BCUT2D eigenvalue weighted by Crippen LogP contribution is -2.41. The van der Waals surface area contributed by atoms with Crippen LogP contribution in [-0.4, -0.2) is 40.6 Å². The molecule has 1 fully saturated rings. The van der Waals surface area contributed by atoms with E-state index in [0.29, 0.717) is 5.92 Å². The van der Waals surface area contributed by atoms with E-state index in [-0.39, 0.29) is 12.5 Å². The highest BCUT2D eigenvalue weighted by Crippen LogP contribution is 2.20. The number of amides is 1. The Labute approximate surface area is 101 Å². The van der Waals surface area contributed by atoms with E-state index in [0.717, 1.165) is 32.4 Å². The molecule has 1 saturated heterocycles. The highest BCUT2D eigenvalue weighted by atomic mass is 16.3. The predicted molar refractivity (Wildman–Crippen MR) is 64.3 cm³/mol. The van der Waals surface area contributed by atoms with E-state index in [1.54, 1.807) is 11.1 Å². The van der Waals surface area contributed by atoms with Gasteiger partial charge in [-0.15, -0.1) is 0 Å². The molecule has 0 aliphatic carbocycles. The number of rotatable bonds is 3. The van der Waals surface area contributed by atoms with Crippen molar-refractivity contribution in [3.05, 3.63) is 30.1 Å². The Morgan fingerprint density at radius 1 is 1.59 bits per heavy atom. The molecule has 92 valence electrons. The maximum absolute atomic E-state index is 11.4. The van der Waals surface area contributed by atoms with E-state index in [9.17, 15) is 4.79 Å². The zero-order valence-electron chi connectivity index (χ0n) is 9.88. The smallest absolute Gasteiger partial charge is 0.248 e. The van der Waals surface area contributed by atoms with E-state index >= 15 is 0 Å². The zero-order chi connectivity index (χ0) is 12.1. The molecule has 1 N–H and O–H groups in total. The lowest BCUT2D eigenvalue weighted by molar-refractivity contribution is -0.135. The fourth-order valence-electron chi connectivity index (χ4n) is 2.41. The summed E-state index contributed by atoms with van der Waals surface area (Å²) < 4.78 is 0. The molecule has 0 saturated carbocycles. The lowest BCUT2D eigenvalue weighted by Gasteiger charge is -2.32. The Bertz CT molecular complexity index is 367. The van der Waals surface area contributed by atoms with Gasteiger partial charge in [0.05, 0.1) is 0 Å². The first-order chi connectivity index (χ1) is 8.29. The monoisotopic (exact) mass is 234 g/mol. The van der Waals surface area contributed by atoms with Gasteiger partial charge in [-0.1, -0.05) is 6.07 Å². The molecule has 0 bridgehead atoms. The van der Waals surface area contributed by atoms with E-state index in [1.165, 1.54) is 5.56 Å². The Balaban J connectivity index is 1.92. The third-order valence-corrected chi connectivity index (χ3v) is 3.25. The number of aromatic nitrogens is 1. The normalized spacial score (nSPS) is 20.3. The number of hydrogen-bond donors (Lipinski definition) is 1. The summed E-state index contributed by atoms with van der Waals surface area (Å²) in [4.78, 5) is 17.3. The minimum atomic E-state index is -0.375. The van der Waals surface area contributed by atoms with Crippen LogP contribution in [0.3, 0.4) is 0 Å². The summed E-state index contributed by atoms with van der Waals surface area (Å²) in [5.74, 6) is 0.337. The molecule has 2 rings (SSSR count). The third kappa shape index (κ3) is 3.27. The van der Waals surface area contributed by atoms with Gasteiger partial charge in [0.15, 0.2) is 0 Å². The zero-order valence-corrected chi connectivity index (χ0v) is 9.88. The molecule has 2 heterocycles. The highest BCUT2D eigenvalue weighted by Gasteiger charge is 2.23. The van der Waals surface area contributed by atoms with Gasteiger partial charge in [-0.3, -0.25) is 9.78 Å². The Morgan fingerprint density at radius 3 is 3.18 bits per heavy atom. The second-order valence-electron chi connectivity index (χ2n) is 4.57. The quantitative estimate of drug-likeness (QED) is 0.843. The third-order valence-electron chi connectivity index (χ3n) is 3.25. The van der Waals surface area contributed by atoms with Crippen LogP contribution in [0.5, 0.6) is 0 Å². The van der Waals surface area contributed by atoms with Gasteiger partial charge in [-0.05, 0) is 36.8 Å². The number of hydrogen-bond acceptors (Lipinski definition) is 3. The number of carbonyl (C=O) groups excluding carboxylic acids is 1. The summed E-state index contributed by atoms with van der Waals surface area (Å²) in [5.41, 5.74) is 1.22. The van der Waals surface area contributed by atoms with Gasteiger partial charge in [0, 0.05) is 25.5 Å². The summed E-state index contributed by atoms with van der Waals surface area (Å²) in [5, 5.41) is 8.86. The molecule has 17 heavy (non-hydrogen) atoms. The van der Waals surface area contributed by atoms with Crippen molar-refractivity contribution in [2.75, 3.05) is 19.7 Å². The van der Waals surface area contributed by atoms with Gasteiger partial charge in [-0.25, -0.2) is 0 Å². The van der Waals surface area contributed by atoms with E-state index < -0.39 is 0 Å². The van der Waals surface area contributed by atoms with Crippen LogP contribution in [0.4, 0.5) is 0 Å². The lowest BCUT2D eigenvalue weighted by atomic mass is 9.92. The molecule has 1 amide bonds. The number of pyridine rings is 1. The summed E-state index contributed by atoms with van der Waals surface area (Å²) in [6.45, 7) is 1.16. The van der Waals surface area contributed by atoms with Crippen LogP contribution in [0, 0.1) is 5.92 Å². The Kier molecular flexibility index (Phi) is 4.09. The average Bonchev–Trinajstić information content (AvgIpc) is 2.39. The van der Waals surface area contributed by atoms with Crippen molar-refractivity contribution in [2.24, 2.45) is 5.92 Å². The largest absolute Gasteiger partial charge is 0.387 e. The van der Waals surface area contributed by atoms with Crippen molar-refractivity contribution in [1.29, 1.82) is 0 Å². The number of piperidine rings is 1. The van der Waals surface area contributed by atoms with Gasteiger partial charge >= 0.3 is 0 Å². The van der Waals surface area contributed by atoms with Crippen LogP contribution in [0.1, 0.15) is 18.4 Å². The fourth-order valence-corrected chi connectivity index (χ4v) is 2.41. The first-order valence-electron chi connectivity index (χ1n) is 6.07. The van der Waals surface area contributed by atoms with E-state index in [4.69, 9.17) is 5.11 Å². The van der Waals surface area contributed by atoms with Crippen LogP contribution < -0.4 is 0 Å². The van der Waals surface area contributed by atoms with Gasteiger partial charge in [-0.2, -0.15) is 0 Å². The van der Waals surface area contributed by atoms with Crippen molar-refractivity contribution >= 4 is 5.91 Å². The van der Waals surface area contributed by atoms with Gasteiger partial charge in [0.25, 0.3) is 0 Å². The van der Waals surface area contributed by atoms with Crippen molar-refractivity contribution in [1.82, 2.24) is 9.88 Å². The van der Waals surface area contributed by atoms with Gasteiger partial charge in [0.1, 0.15) is 6.61 Å². The van der Waals surface area contributed by atoms with Crippen molar-refractivity contribution < 1.29 is 9.90 Å². The SMILES string of the molecule is O=C(CO)N1CCCC(Cc2cccnc2)C1. The van der Waals surface area contributed by atoms with Crippen LogP contribution in [0.2, 0.25) is 0 Å². The second kappa shape index (κ2) is 5.77. The van der Waals surface area contributed by atoms with Gasteiger partial charge < -0.3 is 10.0 Å². The minimum Gasteiger partial charge on any atom is -0.387 e. The molecular formula is C13H18N2O2. The fraction of sp³-hybridized carbons (Fsp3) is 0.538. The second-order valence-corrected chi connectivity index (χ2v) is 4.57. The Morgan fingerprint density at radius 2 is 2.47 bits per heavy atom. The molecule has 4 heteroatoms. The molecule has 1 atom stereocenters. The number of aliphatic hydroxyl groups excluding tert-OH is 1. The summed E-state index contributed by atoms with van der Waals surface area (Å²) in [6, 6.07) is 4.01. The molecule has 0 radical (unpaired) electrons. The molecule has 1 aliphatic rings. The maximum atomic E-state index is 11.4. The maximum Gasteiger partial charge on any atom is 0.248 e. The first kappa shape index (κ1) is 12.0. The van der Waals surface area contributed by atoms with Crippen LogP contribution in [0.15, 0.2) is 24.5 Å². The number of nitrogens with zero attached hydrogens (tertiary/aromatic N) is 2. The molecule has 1 aliphatic heterocycles. The number of carbonyl (C=O) groups is 1. The minimum absolute atomic E-state index is 0.152. The molecule has 0 aromatic carbocycles. The van der Waals surface area contributed by atoms with Crippen molar-refractivity contribution in [3.8, 4) is 0 Å². The topological polar surface area (TPSA) is 53.4 Å².